The molecule has 0 aliphatic carbocycles. The highest BCUT2D eigenvalue weighted by atomic mass is 32.2. The van der Waals surface area contributed by atoms with Gasteiger partial charge < -0.3 is 14.8 Å². The second-order valence-corrected chi connectivity index (χ2v) is 11.3. The number of aryl methyl sites for hydroxylation is 1. The van der Waals surface area contributed by atoms with Gasteiger partial charge in [0.15, 0.2) is 5.69 Å². The first-order valence-electron chi connectivity index (χ1n) is 12.7. The molecule has 0 atom stereocenters. The molecule has 2 heterocycles. The number of non-ortho nitro benzene ring substituents is 1. The summed E-state index contributed by atoms with van der Waals surface area (Å²) < 4.78 is 41.3. The number of anilines is 1. The molecule has 1 aliphatic rings. The maximum atomic E-state index is 13.6. The largest absolute Gasteiger partial charge is 0.437 e. The monoisotopic (exact) mass is 577 g/mol. The fourth-order valence-corrected chi connectivity index (χ4v) is 5.94. The average molecular weight is 578 g/mol. The van der Waals surface area contributed by atoms with Crippen molar-refractivity contribution in [2.45, 2.75) is 18.7 Å². The number of nitrogens with one attached hydrogen (secondary N) is 1. The Balaban J connectivity index is 1.60. The van der Waals surface area contributed by atoms with Crippen LogP contribution in [0.4, 0.5) is 11.4 Å². The summed E-state index contributed by atoms with van der Waals surface area (Å²) in [4.78, 5) is 23.8. The standard InChI is InChI=1S/C28H27N5O7S/c1-19-7-6-8-21(17-19)29-27(34)26-20(2)28(32(30-26)22-9-4-3-5-10-22)40-24-12-11-23(33(35)36)18-25(24)41(37,38)31-13-15-39-16-14-31/h3-12,17-18H,13-16H2,1-2H3,(H,29,34). The van der Waals surface area contributed by atoms with Crippen molar-refractivity contribution in [3.63, 3.8) is 0 Å². The van der Waals surface area contributed by atoms with E-state index in [1.54, 1.807) is 37.3 Å². The van der Waals surface area contributed by atoms with E-state index in [4.69, 9.17) is 9.47 Å². The normalized spacial score (nSPS) is 14.0. The van der Waals surface area contributed by atoms with Gasteiger partial charge >= 0.3 is 0 Å². The molecule has 12 nitrogen and oxygen atoms in total. The number of sulfonamides is 1. The van der Waals surface area contributed by atoms with Crippen LogP contribution in [0, 0.1) is 24.0 Å². The number of nitro benzene ring substituents is 1. The molecule has 212 valence electrons. The molecular weight excluding hydrogens is 550 g/mol. The van der Waals surface area contributed by atoms with Crippen molar-refractivity contribution in [3.05, 3.63) is 99.7 Å². The van der Waals surface area contributed by atoms with Gasteiger partial charge in [0.1, 0.15) is 10.6 Å². The van der Waals surface area contributed by atoms with Gasteiger partial charge in [-0.05, 0) is 49.7 Å². The Morgan fingerprint density at radius 2 is 1.76 bits per heavy atom. The van der Waals surface area contributed by atoms with Gasteiger partial charge in [0.05, 0.1) is 23.8 Å². The Hall–Kier alpha value is -4.59. The molecular formula is C28H27N5O7S. The summed E-state index contributed by atoms with van der Waals surface area (Å²) in [5.41, 5.74) is 2.10. The number of nitrogens with zero attached hydrogens (tertiary/aromatic N) is 4. The summed E-state index contributed by atoms with van der Waals surface area (Å²) in [5.74, 6) is -0.553. The third-order valence-corrected chi connectivity index (χ3v) is 8.41. The van der Waals surface area contributed by atoms with Crippen molar-refractivity contribution in [2.24, 2.45) is 0 Å². The highest BCUT2D eigenvalue weighted by molar-refractivity contribution is 7.89. The molecule has 0 bridgehead atoms. The molecule has 0 radical (unpaired) electrons. The van der Waals surface area contributed by atoms with Crippen LogP contribution in [0.15, 0.2) is 77.7 Å². The zero-order valence-corrected chi connectivity index (χ0v) is 23.1. The van der Waals surface area contributed by atoms with E-state index in [9.17, 15) is 23.3 Å². The van der Waals surface area contributed by atoms with Crippen LogP contribution in [0.25, 0.3) is 5.69 Å². The average Bonchev–Trinajstić information content (AvgIpc) is 3.29. The predicted octanol–water partition coefficient (Wildman–Crippen LogP) is 4.46. The van der Waals surface area contributed by atoms with E-state index < -0.39 is 26.5 Å². The number of hydrogen-bond donors (Lipinski definition) is 1. The van der Waals surface area contributed by atoms with Crippen LogP contribution in [0.2, 0.25) is 0 Å². The number of ether oxygens (including phenoxy) is 2. The Bertz CT molecular complexity index is 1720. The number of aromatic nitrogens is 2. The number of morpholine rings is 1. The van der Waals surface area contributed by atoms with E-state index in [0.717, 1.165) is 17.7 Å². The van der Waals surface area contributed by atoms with Crippen molar-refractivity contribution in [2.75, 3.05) is 31.6 Å². The molecule has 1 aliphatic heterocycles. The zero-order valence-electron chi connectivity index (χ0n) is 22.3. The van der Waals surface area contributed by atoms with Crippen LogP contribution in [-0.4, -0.2) is 59.6 Å². The van der Waals surface area contributed by atoms with Crippen LogP contribution < -0.4 is 10.1 Å². The van der Waals surface area contributed by atoms with Crippen molar-refractivity contribution >= 4 is 27.3 Å². The minimum atomic E-state index is -4.20. The molecule has 1 fully saturated rings. The summed E-state index contributed by atoms with van der Waals surface area (Å²) in [6.07, 6.45) is 0. The Labute approximate surface area is 236 Å². The first-order valence-corrected chi connectivity index (χ1v) is 14.2. The van der Waals surface area contributed by atoms with E-state index in [-0.39, 0.29) is 48.5 Å². The summed E-state index contributed by atoms with van der Waals surface area (Å²) in [6.45, 7) is 4.12. The number of carbonyl (C=O) groups excluding carboxylic acids is 1. The molecule has 0 saturated carbocycles. The topological polar surface area (TPSA) is 146 Å². The lowest BCUT2D eigenvalue weighted by Gasteiger charge is -2.26. The van der Waals surface area contributed by atoms with Gasteiger partial charge in [-0.2, -0.15) is 14.1 Å². The van der Waals surface area contributed by atoms with Gasteiger partial charge in [-0.25, -0.2) is 8.42 Å². The molecule has 1 amide bonds. The molecule has 1 aromatic heterocycles. The van der Waals surface area contributed by atoms with E-state index in [1.165, 1.54) is 15.1 Å². The fourth-order valence-electron chi connectivity index (χ4n) is 4.40. The highest BCUT2D eigenvalue weighted by Gasteiger charge is 2.32. The molecule has 1 saturated heterocycles. The summed E-state index contributed by atoms with van der Waals surface area (Å²) in [5, 5.41) is 18.9. The van der Waals surface area contributed by atoms with Gasteiger partial charge in [-0.1, -0.05) is 30.3 Å². The first-order chi connectivity index (χ1) is 19.6. The van der Waals surface area contributed by atoms with Crippen molar-refractivity contribution in [1.29, 1.82) is 0 Å². The van der Waals surface area contributed by atoms with Gasteiger partial charge in [0.2, 0.25) is 15.9 Å². The van der Waals surface area contributed by atoms with Gasteiger partial charge in [-0.3, -0.25) is 14.9 Å². The SMILES string of the molecule is Cc1cccc(NC(=O)c2nn(-c3ccccc3)c(Oc3ccc([N+](=O)[O-])cc3S(=O)(=O)N3CCOCC3)c2C)c1. The number of hydrogen-bond acceptors (Lipinski definition) is 8. The zero-order chi connectivity index (χ0) is 29.1. The lowest BCUT2D eigenvalue weighted by molar-refractivity contribution is -0.385. The molecule has 5 rings (SSSR count). The third-order valence-electron chi connectivity index (χ3n) is 6.49. The summed E-state index contributed by atoms with van der Waals surface area (Å²) >= 11 is 0. The van der Waals surface area contributed by atoms with Gasteiger partial charge in [-0.15, -0.1) is 0 Å². The summed E-state index contributed by atoms with van der Waals surface area (Å²) in [7, 11) is -4.20. The van der Waals surface area contributed by atoms with Crippen LogP contribution in [0.3, 0.4) is 0 Å². The quantitative estimate of drug-likeness (QED) is 0.239. The van der Waals surface area contributed by atoms with Crippen LogP contribution in [0.5, 0.6) is 11.6 Å². The van der Waals surface area contributed by atoms with Crippen LogP contribution >= 0.6 is 0 Å². The maximum absolute atomic E-state index is 13.6. The molecule has 1 N–H and O–H groups in total. The van der Waals surface area contributed by atoms with Crippen molar-refractivity contribution < 1.29 is 27.6 Å². The predicted molar refractivity (Wildman–Crippen MR) is 150 cm³/mol. The third kappa shape index (κ3) is 5.82. The second-order valence-electron chi connectivity index (χ2n) is 9.36. The highest BCUT2D eigenvalue weighted by Crippen LogP contribution is 2.37. The lowest BCUT2D eigenvalue weighted by atomic mass is 10.2. The Kier molecular flexibility index (Phi) is 7.83. The number of carbonyl (C=O) groups is 1. The van der Waals surface area contributed by atoms with Gasteiger partial charge in [0, 0.05) is 36.5 Å². The van der Waals surface area contributed by atoms with Crippen LogP contribution in [0.1, 0.15) is 21.6 Å². The van der Waals surface area contributed by atoms with Gasteiger partial charge in [0.25, 0.3) is 11.6 Å². The summed E-state index contributed by atoms with van der Waals surface area (Å²) in [6, 6.07) is 19.6. The minimum absolute atomic E-state index is 0.0601. The Morgan fingerprint density at radius 1 is 1.02 bits per heavy atom. The molecule has 0 unspecified atom stereocenters. The maximum Gasteiger partial charge on any atom is 0.276 e. The molecule has 0 spiro atoms. The molecule has 4 aromatic rings. The van der Waals surface area contributed by atoms with E-state index in [2.05, 4.69) is 10.4 Å². The number of nitro groups is 1. The number of amides is 1. The molecule has 3 aromatic carbocycles. The second kappa shape index (κ2) is 11.5. The number of benzene rings is 3. The van der Waals surface area contributed by atoms with Crippen LogP contribution in [-0.2, 0) is 14.8 Å². The molecule has 13 heteroatoms. The van der Waals surface area contributed by atoms with E-state index in [1.807, 2.05) is 31.2 Å². The minimum Gasteiger partial charge on any atom is -0.437 e. The van der Waals surface area contributed by atoms with E-state index >= 15 is 0 Å². The van der Waals surface area contributed by atoms with E-state index in [0.29, 0.717) is 16.9 Å². The van der Waals surface area contributed by atoms with Crippen molar-refractivity contribution in [1.82, 2.24) is 14.1 Å². The number of rotatable bonds is 8. The lowest BCUT2D eigenvalue weighted by Crippen LogP contribution is -2.40. The van der Waals surface area contributed by atoms with Crippen molar-refractivity contribution in [3.8, 4) is 17.3 Å². The number of para-hydroxylation sites is 1. The Morgan fingerprint density at radius 3 is 2.44 bits per heavy atom. The smallest absolute Gasteiger partial charge is 0.276 e. The fraction of sp³-hybridized carbons (Fsp3) is 0.214. The first kappa shape index (κ1) is 28.0. The molecule has 41 heavy (non-hydrogen) atoms.